The van der Waals surface area contributed by atoms with Crippen molar-refractivity contribution in [2.45, 2.75) is 31.8 Å². The first-order valence-corrected chi connectivity index (χ1v) is 7.76. The number of aromatic nitrogens is 4. The average molecular weight is 297 g/mol. The lowest BCUT2D eigenvalue weighted by Crippen LogP contribution is -2.26. The van der Waals surface area contributed by atoms with Crippen LogP contribution in [0.15, 0.2) is 23.5 Å². The van der Waals surface area contributed by atoms with E-state index in [-0.39, 0.29) is 4.90 Å². The van der Waals surface area contributed by atoms with Crippen LogP contribution in [-0.2, 0) is 30.2 Å². The fourth-order valence-electron chi connectivity index (χ4n) is 1.91. The first-order chi connectivity index (χ1) is 9.34. The number of nitrogens with zero attached hydrogens (tertiary/aromatic N) is 5. The Morgan fingerprint density at radius 3 is 2.55 bits per heavy atom. The van der Waals surface area contributed by atoms with Crippen LogP contribution >= 0.6 is 0 Å². The summed E-state index contributed by atoms with van der Waals surface area (Å²) in [6, 6.07) is 0. The summed E-state index contributed by atoms with van der Waals surface area (Å²) < 4.78 is 29.4. The predicted octanol–water partition coefficient (Wildman–Crippen LogP) is 0.766. The maximum absolute atomic E-state index is 12.4. The van der Waals surface area contributed by atoms with Crippen molar-refractivity contribution in [2.24, 2.45) is 7.05 Å². The van der Waals surface area contributed by atoms with Crippen LogP contribution < -0.4 is 0 Å². The van der Waals surface area contributed by atoms with E-state index in [2.05, 4.69) is 10.2 Å². The van der Waals surface area contributed by atoms with Gasteiger partial charge in [-0.2, -0.15) is 14.5 Å². The molecular formula is C12H19N5O2S. The molecule has 2 aromatic rings. The molecule has 0 N–H and O–H groups in total. The van der Waals surface area contributed by atoms with Gasteiger partial charge in [0.1, 0.15) is 4.90 Å². The fourth-order valence-corrected chi connectivity index (χ4v) is 3.05. The highest BCUT2D eigenvalue weighted by molar-refractivity contribution is 7.89. The third kappa shape index (κ3) is 2.75. The summed E-state index contributed by atoms with van der Waals surface area (Å²) in [5, 5.41) is 8.22. The predicted molar refractivity (Wildman–Crippen MR) is 74.5 cm³/mol. The van der Waals surface area contributed by atoms with E-state index >= 15 is 0 Å². The standard InChI is InChI=1S/C12H19N5O2S/c1-5-17-8-11(10(2)14-17)7-16(4)20(18,19)12-6-13-15(3)9-12/h6,8-9H,5,7H2,1-4H3. The lowest BCUT2D eigenvalue weighted by atomic mass is 10.3. The van der Waals surface area contributed by atoms with Crippen LogP contribution in [0.4, 0.5) is 0 Å². The molecule has 110 valence electrons. The van der Waals surface area contributed by atoms with Crippen LogP contribution in [0.5, 0.6) is 0 Å². The number of rotatable bonds is 5. The summed E-state index contributed by atoms with van der Waals surface area (Å²) in [5.74, 6) is 0. The third-order valence-corrected chi connectivity index (χ3v) is 4.91. The van der Waals surface area contributed by atoms with Gasteiger partial charge in [0.05, 0.1) is 11.9 Å². The van der Waals surface area contributed by atoms with Crippen molar-refractivity contribution < 1.29 is 8.42 Å². The van der Waals surface area contributed by atoms with Crippen LogP contribution in [0.25, 0.3) is 0 Å². The SMILES string of the molecule is CCn1cc(CN(C)S(=O)(=O)c2cnn(C)c2)c(C)n1. The van der Waals surface area contributed by atoms with Crippen molar-refractivity contribution in [3.63, 3.8) is 0 Å². The van der Waals surface area contributed by atoms with Gasteiger partial charge in [-0.25, -0.2) is 8.42 Å². The maximum atomic E-state index is 12.4. The molecule has 0 aliphatic heterocycles. The number of aryl methyl sites for hydroxylation is 3. The summed E-state index contributed by atoms with van der Waals surface area (Å²) in [5.41, 5.74) is 1.75. The second kappa shape index (κ2) is 5.37. The summed E-state index contributed by atoms with van der Waals surface area (Å²) in [4.78, 5) is 0.197. The molecule has 0 bridgehead atoms. The second-order valence-corrected chi connectivity index (χ2v) is 6.75. The van der Waals surface area contributed by atoms with E-state index in [1.165, 1.54) is 21.4 Å². The Morgan fingerprint density at radius 1 is 1.35 bits per heavy atom. The summed E-state index contributed by atoms with van der Waals surface area (Å²) >= 11 is 0. The quantitative estimate of drug-likeness (QED) is 0.817. The van der Waals surface area contributed by atoms with Gasteiger partial charge in [-0.05, 0) is 13.8 Å². The minimum Gasteiger partial charge on any atom is -0.274 e. The first-order valence-electron chi connectivity index (χ1n) is 6.32. The van der Waals surface area contributed by atoms with Crippen LogP contribution in [0.1, 0.15) is 18.2 Å². The van der Waals surface area contributed by atoms with Gasteiger partial charge in [0, 0.05) is 45.1 Å². The van der Waals surface area contributed by atoms with Crippen molar-refractivity contribution in [1.82, 2.24) is 23.9 Å². The van der Waals surface area contributed by atoms with Crippen molar-refractivity contribution in [2.75, 3.05) is 7.05 Å². The Balaban J connectivity index is 2.23. The van der Waals surface area contributed by atoms with Crippen LogP contribution in [0.3, 0.4) is 0 Å². The van der Waals surface area contributed by atoms with E-state index in [4.69, 9.17) is 0 Å². The van der Waals surface area contributed by atoms with Crippen LogP contribution in [0.2, 0.25) is 0 Å². The number of hydrogen-bond acceptors (Lipinski definition) is 4. The summed E-state index contributed by atoms with van der Waals surface area (Å²) in [6.45, 7) is 4.93. The molecule has 2 heterocycles. The van der Waals surface area contributed by atoms with E-state index in [0.717, 1.165) is 17.8 Å². The van der Waals surface area contributed by atoms with Crippen LogP contribution in [-0.4, -0.2) is 39.3 Å². The van der Waals surface area contributed by atoms with Gasteiger partial charge in [0.15, 0.2) is 0 Å². The van der Waals surface area contributed by atoms with Crippen molar-refractivity contribution in [3.8, 4) is 0 Å². The highest BCUT2D eigenvalue weighted by Crippen LogP contribution is 2.17. The molecule has 0 aromatic carbocycles. The third-order valence-electron chi connectivity index (χ3n) is 3.15. The zero-order valence-electron chi connectivity index (χ0n) is 12.1. The zero-order valence-corrected chi connectivity index (χ0v) is 12.9. The Labute approximate surface area is 118 Å². The van der Waals surface area contributed by atoms with Gasteiger partial charge in [0.25, 0.3) is 0 Å². The van der Waals surface area contributed by atoms with E-state index in [1.54, 1.807) is 18.8 Å². The number of hydrogen-bond donors (Lipinski definition) is 0. The molecule has 8 heteroatoms. The monoisotopic (exact) mass is 297 g/mol. The van der Waals surface area contributed by atoms with E-state index in [9.17, 15) is 8.42 Å². The molecule has 0 saturated heterocycles. The normalized spacial score (nSPS) is 12.2. The van der Waals surface area contributed by atoms with E-state index in [1.807, 2.05) is 20.0 Å². The Bertz CT molecular complexity index is 701. The summed E-state index contributed by atoms with van der Waals surface area (Å²) in [6.07, 6.45) is 4.73. The summed E-state index contributed by atoms with van der Waals surface area (Å²) in [7, 11) is -0.268. The number of sulfonamides is 1. The van der Waals surface area contributed by atoms with Gasteiger partial charge < -0.3 is 0 Å². The van der Waals surface area contributed by atoms with Crippen molar-refractivity contribution in [3.05, 3.63) is 29.8 Å². The molecule has 7 nitrogen and oxygen atoms in total. The maximum Gasteiger partial charge on any atom is 0.246 e. The Kier molecular flexibility index (Phi) is 3.96. The molecule has 0 aliphatic carbocycles. The van der Waals surface area contributed by atoms with Gasteiger partial charge in [-0.3, -0.25) is 9.36 Å². The molecule has 2 aromatic heterocycles. The second-order valence-electron chi connectivity index (χ2n) is 4.71. The smallest absolute Gasteiger partial charge is 0.246 e. The molecule has 0 unspecified atom stereocenters. The molecule has 0 atom stereocenters. The fraction of sp³-hybridized carbons (Fsp3) is 0.500. The molecule has 20 heavy (non-hydrogen) atoms. The van der Waals surface area contributed by atoms with Gasteiger partial charge in [-0.15, -0.1) is 0 Å². The lowest BCUT2D eigenvalue weighted by Gasteiger charge is -2.15. The minimum atomic E-state index is -3.52. The van der Waals surface area contributed by atoms with E-state index in [0.29, 0.717) is 6.54 Å². The average Bonchev–Trinajstić information content (AvgIpc) is 2.96. The molecular weight excluding hydrogens is 278 g/mol. The molecule has 0 aliphatic rings. The van der Waals surface area contributed by atoms with E-state index < -0.39 is 10.0 Å². The van der Waals surface area contributed by atoms with Gasteiger partial charge >= 0.3 is 0 Å². The molecule has 0 amide bonds. The Hall–Kier alpha value is -1.67. The zero-order chi connectivity index (χ0) is 14.9. The molecule has 0 saturated carbocycles. The lowest BCUT2D eigenvalue weighted by molar-refractivity contribution is 0.465. The topological polar surface area (TPSA) is 73.0 Å². The molecule has 2 rings (SSSR count). The van der Waals surface area contributed by atoms with Gasteiger partial charge in [0.2, 0.25) is 10.0 Å². The highest BCUT2D eigenvalue weighted by atomic mass is 32.2. The first kappa shape index (κ1) is 14.7. The Morgan fingerprint density at radius 2 is 2.05 bits per heavy atom. The minimum absolute atomic E-state index is 0.197. The van der Waals surface area contributed by atoms with Gasteiger partial charge in [-0.1, -0.05) is 0 Å². The van der Waals surface area contributed by atoms with Crippen molar-refractivity contribution in [1.29, 1.82) is 0 Å². The molecule has 0 radical (unpaired) electrons. The van der Waals surface area contributed by atoms with Crippen molar-refractivity contribution >= 4 is 10.0 Å². The largest absolute Gasteiger partial charge is 0.274 e. The highest BCUT2D eigenvalue weighted by Gasteiger charge is 2.23. The molecule has 0 fully saturated rings. The molecule has 0 spiro atoms. The van der Waals surface area contributed by atoms with Crippen LogP contribution in [0, 0.1) is 6.92 Å².